The molecule has 4 nitrogen and oxygen atoms in total. The van der Waals surface area contributed by atoms with Crippen LogP contribution in [0.1, 0.15) is 58.6 Å². The summed E-state index contributed by atoms with van der Waals surface area (Å²) >= 11 is 0. The molecule has 0 aliphatic heterocycles. The van der Waals surface area contributed by atoms with Crippen LogP contribution in [0.2, 0.25) is 0 Å². The smallest absolute Gasteiger partial charge is 0.226 e. The molecule has 0 aliphatic rings. The van der Waals surface area contributed by atoms with Crippen molar-refractivity contribution in [3.63, 3.8) is 0 Å². The molecule has 0 spiro atoms. The molecule has 0 saturated heterocycles. The van der Waals surface area contributed by atoms with Gasteiger partial charge in [-0.05, 0) is 37.8 Å². The molecule has 1 amide bonds. The molecule has 0 fully saturated rings. The van der Waals surface area contributed by atoms with E-state index in [2.05, 4.69) is 11.4 Å². The van der Waals surface area contributed by atoms with Gasteiger partial charge in [-0.3, -0.25) is 4.79 Å². The van der Waals surface area contributed by atoms with E-state index < -0.39 is 16.4 Å². The molecule has 0 aromatic heterocycles. The average molecular weight is 407 g/mol. The van der Waals surface area contributed by atoms with Gasteiger partial charge in [0.1, 0.15) is 0 Å². The fraction of sp³-hybridized carbons (Fsp3) is 0.462. The van der Waals surface area contributed by atoms with Gasteiger partial charge in [0.15, 0.2) is 0 Å². The number of ether oxygens (including phenoxy) is 1. The first-order valence-corrected chi connectivity index (χ1v) is 10.5. The maximum Gasteiger partial charge on any atom is 0.226 e. The highest BCUT2D eigenvalue weighted by Crippen LogP contribution is 2.34. The molecule has 2 rings (SSSR count). The van der Waals surface area contributed by atoms with E-state index in [4.69, 9.17) is 4.74 Å². The lowest BCUT2D eigenvalue weighted by molar-refractivity contribution is -0.132. The largest absolute Gasteiger partial charge is 0.374 e. The lowest BCUT2D eigenvalue weighted by Gasteiger charge is -2.38. The van der Waals surface area contributed by atoms with Crippen LogP contribution in [0.5, 0.6) is 0 Å². The van der Waals surface area contributed by atoms with Crippen LogP contribution in [0, 0.1) is 22.2 Å². The van der Waals surface area contributed by atoms with E-state index in [0.717, 1.165) is 11.1 Å². The van der Waals surface area contributed by atoms with Crippen molar-refractivity contribution in [2.45, 2.75) is 59.6 Å². The van der Waals surface area contributed by atoms with Crippen molar-refractivity contribution in [3.8, 4) is 6.07 Å². The molecule has 30 heavy (non-hydrogen) atoms. The topological polar surface area (TPSA) is 62.1 Å². The molecule has 1 atom stereocenters. The molecule has 0 aliphatic carbocycles. The van der Waals surface area contributed by atoms with E-state index in [0.29, 0.717) is 26.1 Å². The number of nitrogens with zero attached hydrogens (tertiary/aromatic N) is 1. The second-order valence-electron chi connectivity index (χ2n) is 9.63. The fourth-order valence-corrected chi connectivity index (χ4v) is 3.13. The molecule has 160 valence electrons. The van der Waals surface area contributed by atoms with Gasteiger partial charge in [0, 0.05) is 5.41 Å². The maximum atomic E-state index is 13.0. The van der Waals surface area contributed by atoms with E-state index >= 15 is 0 Å². The SMILES string of the molecule is CC(C)(C#N)CCC(COCc1ccccc1)(NC(=O)C(C)(C)C)c1ccccc1. The van der Waals surface area contributed by atoms with Crippen LogP contribution in [-0.2, 0) is 21.7 Å². The van der Waals surface area contributed by atoms with Crippen molar-refractivity contribution in [2.75, 3.05) is 6.61 Å². The monoisotopic (exact) mass is 406 g/mol. The highest BCUT2D eigenvalue weighted by atomic mass is 16.5. The Balaban J connectivity index is 2.36. The Morgan fingerprint density at radius 3 is 2.03 bits per heavy atom. The number of rotatable bonds is 9. The number of benzene rings is 2. The van der Waals surface area contributed by atoms with Gasteiger partial charge in [-0.1, -0.05) is 81.4 Å². The first-order valence-electron chi connectivity index (χ1n) is 10.5. The van der Waals surface area contributed by atoms with Gasteiger partial charge in [-0.25, -0.2) is 0 Å². The van der Waals surface area contributed by atoms with Crippen molar-refractivity contribution in [1.29, 1.82) is 5.26 Å². The third kappa shape index (κ3) is 6.71. The number of nitrogens with one attached hydrogen (secondary N) is 1. The predicted molar refractivity (Wildman–Crippen MR) is 120 cm³/mol. The number of amides is 1. The summed E-state index contributed by atoms with van der Waals surface area (Å²) in [4.78, 5) is 13.0. The molecule has 4 heteroatoms. The minimum absolute atomic E-state index is 0.0376. The van der Waals surface area contributed by atoms with Crippen molar-refractivity contribution in [2.24, 2.45) is 10.8 Å². The highest BCUT2D eigenvalue weighted by Gasteiger charge is 2.38. The van der Waals surface area contributed by atoms with Gasteiger partial charge >= 0.3 is 0 Å². The molecule has 0 heterocycles. The minimum Gasteiger partial charge on any atom is -0.374 e. The summed E-state index contributed by atoms with van der Waals surface area (Å²) in [7, 11) is 0. The van der Waals surface area contributed by atoms with Crippen LogP contribution in [0.4, 0.5) is 0 Å². The van der Waals surface area contributed by atoms with Gasteiger partial charge in [0.2, 0.25) is 5.91 Å². The molecule has 0 bridgehead atoms. The van der Waals surface area contributed by atoms with Crippen LogP contribution < -0.4 is 5.32 Å². The van der Waals surface area contributed by atoms with Gasteiger partial charge in [0.25, 0.3) is 0 Å². The Kier molecular flexibility index (Phi) is 7.81. The summed E-state index contributed by atoms with van der Waals surface area (Å²) in [6.45, 7) is 10.4. The third-order valence-electron chi connectivity index (χ3n) is 5.30. The Bertz CT molecular complexity index is 848. The molecular formula is C26H34N2O2. The normalized spacial score (nSPS) is 13.9. The second-order valence-corrected chi connectivity index (χ2v) is 9.63. The zero-order valence-corrected chi connectivity index (χ0v) is 18.9. The van der Waals surface area contributed by atoms with E-state index in [1.807, 2.05) is 95.3 Å². The predicted octanol–water partition coefficient (Wildman–Crippen LogP) is 5.59. The van der Waals surface area contributed by atoms with Gasteiger partial charge in [-0.2, -0.15) is 5.26 Å². The number of carbonyl (C=O) groups excluding carboxylic acids is 1. The second kappa shape index (κ2) is 9.91. The zero-order valence-electron chi connectivity index (χ0n) is 18.9. The standard InChI is InChI=1S/C26H34N2O2/c1-24(2,3)23(29)28-26(17-16-25(4,5)19-27,22-14-10-7-11-15-22)20-30-18-21-12-8-6-9-13-21/h6-15H,16-18,20H2,1-5H3,(H,28,29). The summed E-state index contributed by atoms with van der Waals surface area (Å²) < 4.78 is 6.15. The quantitative estimate of drug-likeness (QED) is 0.590. The Hall–Kier alpha value is -2.64. The number of hydrogen-bond donors (Lipinski definition) is 1. The molecule has 2 aromatic rings. The maximum absolute atomic E-state index is 13.0. The van der Waals surface area contributed by atoms with Crippen molar-refractivity contribution in [1.82, 2.24) is 5.32 Å². The summed E-state index contributed by atoms with van der Waals surface area (Å²) in [5.41, 5.74) is 0.327. The van der Waals surface area contributed by atoms with E-state index in [1.54, 1.807) is 0 Å². The van der Waals surface area contributed by atoms with Crippen molar-refractivity contribution < 1.29 is 9.53 Å². The lowest BCUT2D eigenvalue weighted by atomic mass is 9.78. The van der Waals surface area contributed by atoms with Crippen LogP contribution in [0.15, 0.2) is 60.7 Å². The summed E-state index contributed by atoms with van der Waals surface area (Å²) in [6, 6.07) is 22.3. The molecule has 1 N–H and O–H groups in total. The first kappa shape index (κ1) is 23.6. The van der Waals surface area contributed by atoms with Crippen molar-refractivity contribution in [3.05, 3.63) is 71.8 Å². The van der Waals surface area contributed by atoms with Crippen molar-refractivity contribution >= 4 is 5.91 Å². The fourth-order valence-electron chi connectivity index (χ4n) is 3.13. The lowest BCUT2D eigenvalue weighted by Crippen LogP contribution is -2.53. The molecule has 0 saturated carbocycles. The van der Waals surface area contributed by atoms with Crippen LogP contribution in [-0.4, -0.2) is 12.5 Å². The van der Waals surface area contributed by atoms with Gasteiger partial charge < -0.3 is 10.1 Å². The summed E-state index contributed by atoms with van der Waals surface area (Å²) in [5.74, 6) is -0.0376. The number of hydrogen-bond acceptors (Lipinski definition) is 3. The number of nitriles is 1. The average Bonchev–Trinajstić information content (AvgIpc) is 2.72. The molecule has 0 radical (unpaired) electrons. The Labute approximate surface area is 181 Å². The molecule has 2 aromatic carbocycles. The Morgan fingerprint density at radius 1 is 0.933 bits per heavy atom. The van der Waals surface area contributed by atoms with E-state index in [9.17, 15) is 10.1 Å². The Morgan fingerprint density at radius 2 is 1.50 bits per heavy atom. The zero-order chi connectivity index (χ0) is 22.3. The minimum atomic E-state index is -0.714. The van der Waals surface area contributed by atoms with Gasteiger partial charge in [0.05, 0.1) is 30.2 Å². The number of carbonyl (C=O) groups is 1. The summed E-state index contributed by atoms with van der Waals surface area (Å²) in [6.07, 6.45) is 1.24. The molecule has 1 unspecified atom stereocenters. The van der Waals surface area contributed by atoms with Crippen LogP contribution in [0.3, 0.4) is 0 Å². The van der Waals surface area contributed by atoms with E-state index in [1.165, 1.54) is 0 Å². The van der Waals surface area contributed by atoms with Crippen LogP contribution >= 0.6 is 0 Å². The summed E-state index contributed by atoms with van der Waals surface area (Å²) in [5, 5.41) is 12.8. The van der Waals surface area contributed by atoms with E-state index in [-0.39, 0.29) is 5.91 Å². The first-order chi connectivity index (χ1) is 14.1. The highest BCUT2D eigenvalue weighted by molar-refractivity contribution is 5.82. The van der Waals surface area contributed by atoms with Gasteiger partial charge in [-0.15, -0.1) is 0 Å². The molecular weight excluding hydrogens is 372 g/mol. The van der Waals surface area contributed by atoms with Crippen LogP contribution in [0.25, 0.3) is 0 Å². The third-order valence-corrected chi connectivity index (χ3v) is 5.30.